The van der Waals surface area contributed by atoms with Gasteiger partial charge in [-0.25, -0.2) is 8.42 Å². The smallest absolute Gasteiger partial charge is 0.237 e. The van der Waals surface area contributed by atoms with E-state index in [1.165, 1.54) is 6.07 Å². The van der Waals surface area contributed by atoms with E-state index >= 15 is 0 Å². The van der Waals surface area contributed by atoms with Gasteiger partial charge in [-0.1, -0.05) is 0 Å². The largest absolute Gasteiger partial charge is 0.506 e. The van der Waals surface area contributed by atoms with Crippen molar-refractivity contribution < 1.29 is 23.0 Å². The van der Waals surface area contributed by atoms with E-state index in [9.17, 15) is 13.5 Å². The number of fused-ring (bicyclic) bond motifs is 1. The van der Waals surface area contributed by atoms with Crippen molar-refractivity contribution in [3.8, 4) is 17.2 Å². The van der Waals surface area contributed by atoms with Crippen molar-refractivity contribution in [1.82, 2.24) is 0 Å². The maximum atomic E-state index is 11.0. The van der Waals surface area contributed by atoms with Crippen LogP contribution in [0.15, 0.2) is 10.5 Å². The first-order valence-electron chi connectivity index (χ1n) is 4.11. The minimum atomic E-state index is -3.78. The van der Waals surface area contributed by atoms with Gasteiger partial charge in [-0.05, 0) is 15.9 Å². The highest BCUT2D eigenvalue weighted by molar-refractivity contribution is 9.10. The second-order valence-electron chi connectivity index (χ2n) is 3.10. The number of phenols is 1. The van der Waals surface area contributed by atoms with Crippen molar-refractivity contribution in [2.45, 2.75) is 5.75 Å². The van der Waals surface area contributed by atoms with Crippen LogP contribution in [0.5, 0.6) is 17.2 Å². The predicted molar refractivity (Wildman–Crippen MR) is 60.4 cm³/mol. The molecular formula is C8H6BrClO5S. The SMILES string of the molecule is O=S(=O)(Cl)Cc1c(O)c(Br)cc2c1OCO2. The molecule has 1 aliphatic rings. The van der Waals surface area contributed by atoms with Crippen LogP contribution in [0.3, 0.4) is 0 Å². The van der Waals surface area contributed by atoms with Gasteiger partial charge in [0.25, 0.3) is 0 Å². The fourth-order valence-electron chi connectivity index (χ4n) is 1.37. The van der Waals surface area contributed by atoms with Crippen molar-refractivity contribution in [3.05, 3.63) is 16.1 Å². The topological polar surface area (TPSA) is 72.8 Å². The Bertz CT molecular complexity index is 542. The van der Waals surface area contributed by atoms with E-state index < -0.39 is 14.8 Å². The van der Waals surface area contributed by atoms with Crippen molar-refractivity contribution in [1.29, 1.82) is 0 Å². The van der Waals surface area contributed by atoms with Gasteiger partial charge in [0, 0.05) is 16.7 Å². The van der Waals surface area contributed by atoms with Crippen molar-refractivity contribution in [2.75, 3.05) is 6.79 Å². The van der Waals surface area contributed by atoms with Crippen LogP contribution in [0.4, 0.5) is 0 Å². The quantitative estimate of drug-likeness (QED) is 0.840. The van der Waals surface area contributed by atoms with Crippen molar-refractivity contribution >= 4 is 35.7 Å². The number of hydrogen-bond acceptors (Lipinski definition) is 5. The van der Waals surface area contributed by atoms with Crippen LogP contribution in [0, 0.1) is 0 Å². The third kappa shape index (κ3) is 2.21. The maximum Gasteiger partial charge on any atom is 0.237 e. The summed E-state index contributed by atoms with van der Waals surface area (Å²) in [5, 5.41) is 9.72. The molecule has 0 unspecified atom stereocenters. The molecule has 2 rings (SSSR count). The average molecular weight is 330 g/mol. The van der Waals surface area contributed by atoms with E-state index in [4.69, 9.17) is 20.2 Å². The third-order valence-corrected chi connectivity index (χ3v) is 3.57. The first kappa shape index (κ1) is 11.8. The van der Waals surface area contributed by atoms with Crippen LogP contribution >= 0.6 is 26.6 Å². The van der Waals surface area contributed by atoms with Crippen LogP contribution in [-0.4, -0.2) is 20.3 Å². The molecule has 0 aromatic heterocycles. The number of rotatable bonds is 2. The summed E-state index contributed by atoms with van der Waals surface area (Å²) in [6, 6.07) is 1.50. The van der Waals surface area contributed by atoms with Gasteiger partial charge in [0.15, 0.2) is 11.5 Å². The normalized spacial score (nSPS) is 14.1. The lowest BCUT2D eigenvalue weighted by Crippen LogP contribution is -1.99. The van der Waals surface area contributed by atoms with Crippen molar-refractivity contribution in [2.24, 2.45) is 0 Å². The summed E-state index contributed by atoms with van der Waals surface area (Å²) in [4.78, 5) is 0. The van der Waals surface area contributed by atoms with Crippen molar-refractivity contribution in [3.63, 3.8) is 0 Å². The molecule has 16 heavy (non-hydrogen) atoms. The Morgan fingerprint density at radius 2 is 2.19 bits per heavy atom. The summed E-state index contributed by atoms with van der Waals surface area (Å²) < 4.78 is 32.5. The minimum Gasteiger partial charge on any atom is -0.506 e. The number of aromatic hydroxyl groups is 1. The van der Waals surface area contributed by atoms with E-state index in [-0.39, 0.29) is 23.9 Å². The Morgan fingerprint density at radius 1 is 1.50 bits per heavy atom. The van der Waals surface area contributed by atoms with Gasteiger partial charge in [-0.3, -0.25) is 0 Å². The number of benzene rings is 1. The first-order valence-corrected chi connectivity index (χ1v) is 7.38. The molecule has 88 valence electrons. The molecule has 0 saturated heterocycles. The summed E-state index contributed by atoms with van der Waals surface area (Å²) in [7, 11) is 1.36. The highest BCUT2D eigenvalue weighted by Gasteiger charge is 2.26. The van der Waals surface area contributed by atoms with E-state index in [1.807, 2.05) is 0 Å². The van der Waals surface area contributed by atoms with Crippen LogP contribution in [-0.2, 0) is 14.8 Å². The number of ether oxygens (including phenoxy) is 2. The molecule has 1 aliphatic heterocycles. The number of halogens is 2. The van der Waals surface area contributed by atoms with Gasteiger partial charge in [-0.15, -0.1) is 0 Å². The van der Waals surface area contributed by atoms with Gasteiger partial charge < -0.3 is 14.6 Å². The van der Waals surface area contributed by atoms with Crippen LogP contribution in [0.1, 0.15) is 5.56 Å². The molecule has 5 nitrogen and oxygen atoms in total. The zero-order valence-corrected chi connectivity index (χ0v) is 10.9. The maximum absolute atomic E-state index is 11.0. The Kier molecular flexibility index (Phi) is 2.93. The Hall–Kier alpha value is -0.660. The summed E-state index contributed by atoms with van der Waals surface area (Å²) in [5.74, 6) is -0.149. The second-order valence-corrected chi connectivity index (χ2v) is 6.73. The summed E-state index contributed by atoms with van der Waals surface area (Å²) in [6.07, 6.45) is 0. The lowest BCUT2D eigenvalue weighted by molar-refractivity contribution is 0.173. The molecule has 0 bridgehead atoms. The minimum absolute atomic E-state index is 0.0133. The van der Waals surface area contributed by atoms with E-state index in [1.54, 1.807) is 0 Å². The zero-order chi connectivity index (χ0) is 11.9. The molecule has 0 atom stereocenters. The van der Waals surface area contributed by atoms with E-state index in [0.29, 0.717) is 10.2 Å². The molecule has 1 aromatic rings. The molecular weight excluding hydrogens is 324 g/mol. The molecule has 0 spiro atoms. The van der Waals surface area contributed by atoms with Gasteiger partial charge in [0.2, 0.25) is 15.8 Å². The monoisotopic (exact) mass is 328 g/mol. The van der Waals surface area contributed by atoms with Crippen LogP contribution < -0.4 is 9.47 Å². The van der Waals surface area contributed by atoms with Gasteiger partial charge >= 0.3 is 0 Å². The Morgan fingerprint density at radius 3 is 2.81 bits per heavy atom. The van der Waals surface area contributed by atoms with Gasteiger partial charge in [-0.2, -0.15) is 0 Å². The fraction of sp³-hybridized carbons (Fsp3) is 0.250. The Balaban J connectivity index is 2.59. The summed E-state index contributed by atoms with van der Waals surface area (Å²) in [6.45, 7) is -0.0133. The molecule has 1 heterocycles. The predicted octanol–water partition coefficient (Wildman–Crippen LogP) is 1.95. The fourth-order valence-corrected chi connectivity index (χ4v) is 2.76. The molecule has 0 radical (unpaired) electrons. The van der Waals surface area contributed by atoms with E-state index in [0.717, 1.165) is 0 Å². The summed E-state index contributed by atoms with van der Waals surface area (Å²) in [5.41, 5.74) is 0.0943. The zero-order valence-electron chi connectivity index (χ0n) is 7.74. The average Bonchev–Trinajstić information content (AvgIpc) is 2.58. The van der Waals surface area contributed by atoms with Crippen LogP contribution in [0.2, 0.25) is 0 Å². The molecule has 0 fully saturated rings. The lowest BCUT2D eigenvalue weighted by Gasteiger charge is -2.08. The highest BCUT2D eigenvalue weighted by atomic mass is 79.9. The lowest BCUT2D eigenvalue weighted by atomic mass is 10.2. The molecule has 1 aromatic carbocycles. The molecule has 1 N–H and O–H groups in total. The molecule has 8 heteroatoms. The molecule has 0 aliphatic carbocycles. The second kappa shape index (κ2) is 3.97. The number of phenolic OH excluding ortho intramolecular Hbond substituents is 1. The van der Waals surface area contributed by atoms with Crippen LogP contribution in [0.25, 0.3) is 0 Å². The number of hydrogen-bond donors (Lipinski definition) is 1. The highest BCUT2D eigenvalue weighted by Crippen LogP contribution is 2.45. The first-order chi connectivity index (χ1) is 7.38. The molecule has 0 saturated carbocycles. The Labute approximate surface area is 104 Å². The molecule has 0 amide bonds. The summed E-state index contributed by atoms with van der Waals surface area (Å²) >= 11 is 3.08. The van der Waals surface area contributed by atoms with Gasteiger partial charge in [0.1, 0.15) is 5.75 Å². The third-order valence-electron chi connectivity index (χ3n) is 2.00. The van der Waals surface area contributed by atoms with Gasteiger partial charge in [0.05, 0.1) is 15.8 Å². The van der Waals surface area contributed by atoms with E-state index in [2.05, 4.69) is 15.9 Å². The standard InChI is InChI=1S/C8H6BrClO5S/c9-5-1-6-8(15-3-14-6)4(7(5)11)2-16(10,12)13/h1,11H,2-3H2.